The second-order valence-electron chi connectivity index (χ2n) is 4.52. The molecule has 0 amide bonds. The first kappa shape index (κ1) is 12.5. The van der Waals surface area contributed by atoms with Gasteiger partial charge in [0.2, 0.25) is 11.7 Å². The van der Waals surface area contributed by atoms with Crippen LogP contribution in [0.1, 0.15) is 24.7 Å². The average Bonchev–Trinajstić information content (AvgIpc) is 3.08. The quantitative estimate of drug-likeness (QED) is 0.735. The molecule has 0 spiro atoms. The van der Waals surface area contributed by atoms with E-state index >= 15 is 0 Å². The van der Waals surface area contributed by atoms with Crippen LogP contribution in [0.2, 0.25) is 0 Å². The number of aromatic nitrogens is 4. The van der Waals surface area contributed by atoms with Gasteiger partial charge in [0.1, 0.15) is 17.7 Å². The Hall–Kier alpha value is -2.50. The number of halogens is 1. The standard InChI is InChI=1S/C14H13FN4O/c1-9(19-8-7-16-10(19)2)14-17-13(18-20-14)11-3-5-12(15)6-4-11/h3-9H,1-2H3/t9-/m1/s1. The smallest absolute Gasteiger partial charge is 0.249 e. The summed E-state index contributed by atoms with van der Waals surface area (Å²) in [5, 5.41) is 3.93. The van der Waals surface area contributed by atoms with Crippen molar-refractivity contribution in [3.8, 4) is 11.4 Å². The molecule has 0 unspecified atom stereocenters. The molecule has 1 aromatic carbocycles. The highest BCUT2D eigenvalue weighted by molar-refractivity contribution is 5.53. The maximum Gasteiger partial charge on any atom is 0.249 e. The summed E-state index contributed by atoms with van der Waals surface area (Å²) in [6, 6.07) is 5.89. The third kappa shape index (κ3) is 2.20. The number of rotatable bonds is 3. The molecule has 1 atom stereocenters. The summed E-state index contributed by atoms with van der Waals surface area (Å²) in [4.78, 5) is 8.53. The number of aryl methyl sites for hydroxylation is 1. The molecular weight excluding hydrogens is 259 g/mol. The molecule has 0 bridgehead atoms. The van der Waals surface area contributed by atoms with Gasteiger partial charge >= 0.3 is 0 Å². The van der Waals surface area contributed by atoms with Crippen LogP contribution in [0.3, 0.4) is 0 Å². The third-order valence-corrected chi connectivity index (χ3v) is 3.18. The molecule has 0 saturated heterocycles. The molecule has 2 heterocycles. The van der Waals surface area contributed by atoms with Gasteiger partial charge in [-0.05, 0) is 38.1 Å². The van der Waals surface area contributed by atoms with Crippen molar-refractivity contribution in [3.05, 3.63) is 54.2 Å². The average molecular weight is 272 g/mol. The van der Waals surface area contributed by atoms with E-state index in [0.29, 0.717) is 11.7 Å². The summed E-state index contributed by atoms with van der Waals surface area (Å²) >= 11 is 0. The van der Waals surface area contributed by atoms with Crippen molar-refractivity contribution in [2.45, 2.75) is 19.9 Å². The molecule has 3 rings (SSSR count). The maximum absolute atomic E-state index is 12.9. The number of benzene rings is 1. The van der Waals surface area contributed by atoms with Gasteiger partial charge < -0.3 is 9.09 Å². The van der Waals surface area contributed by atoms with Crippen LogP contribution >= 0.6 is 0 Å². The number of hydrogen-bond donors (Lipinski definition) is 0. The Morgan fingerprint density at radius 2 is 2.00 bits per heavy atom. The monoisotopic (exact) mass is 272 g/mol. The maximum atomic E-state index is 12.9. The van der Waals surface area contributed by atoms with Gasteiger partial charge in [0.15, 0.2) is 0 Å². The lowest BCUT2D eigenvalue weighted by Gasteiger charge is -2.09. The second kappa shape index (κ2) is 4.88. The minimum Gasteiger partial charge on any atom is -0.337 e. The van der Waals surface area contributed by atoms with E-state index in [1.54, 1.807) is 18.3 Å². The number of nitrogens with zero attached hydrogens (tertiary/aromatic N) is 4. The van der Waals surface area contributed by atoms with Crippen molar-refractivity contribution in [1.29, 1.82) is 0 Å². The van der Waals surface area contributed by atoms with E-state index < -0.39 is 0 Å². The zero-order chi connectivity index (χ0) is 14.1. The van der Waals surface area contributed by atoms with E-state index in [0.717, 1.165) is 11.4 Å². The van der Waals surface area contributed by atoms with E-state index in [2.05, 4.69) is 15.1 Å². The van der Waals surface area contributed by atoms with E-state index in [1.165, 1.54) is 12.1 Å². The predicted molar refractivity (Wildman–Crippen MR) is 70.5 cm³/mol. The van der Waals surface area contributed by atoms with Crippen LogP contribution in [0, 0.1) is 12.7 Å². The van der Waals surface area contributed by atoms with Gasteiger partial charge in [-0.3, -0.25) is 0 Å². The molecule has 0 radical (unpaired) electrons. The zero-order valence-electron chi connectivity index (χ0n) is 11.1. The normalized spacial score (nSPS) is 12.6. The Bertz CT molecular complexity index is 717. The fourth-order valence-corrected chi connectivity index (χ4v) is 2.04. The van der Waals surface area contributed by atoms with E-state index in [9.17, 15) is 4.39 Å². The second-order valence-corrected chi connectivity index (χ2v) is 4.52. The van der Waals surface area contributed by atoms with Crippen LogP contribution in [0.15, 0.2) is 41.2 Å². The minimum absolute atomic E-state index is 0.0980. The van der Waals surface area contributed by atoms with Crippen molar-refractivity contribution < 1.29 is 8.91 Å². The molecule has 102 valence electrons. The Morgan fingerprint density at radius 1 is 1.25 bits per heavy atom. The highest BCUT2D eigenvalue weighted by Gasteiger charge is 2.17. The van der Waals surface area contributed by atoms with Crippen molar-refractivity contribution in [2.24, 2.45) is 0 Å². The Labute approximate surface area is 115 Å². The van der Waals surface area contributed by atoms with E-state index in [1.807, 2.05) is 24.6 Å². The SMILES string of the molecule is Cc1nccn1[C@H](C)c1nc(-c2ccc(F)cc2)no1. The highest BCUT2D eigenvalue weighted by atomic mass is 19.1. The fourth-order valence-electron chi connectivity index (χ4n) is 2.04. The Balaban J connectivity index is 1.90. The first-order valence-corrected chi connectivity index (χ1v) is 6.24. The molecule has 0 aliphatic heterocycles. The van der Waals surface area contributed by atoms with Crippen molar-refractivity contribution in [1.82, 2.24) is 19.7 Å². The number of hydrogen-bond acceptors (Lipinski definition) is 4. The summed E-state index contributed by atoms with van der Waals surface area (Å²) < 4.78 is 20.1. The van der Waals surface area contributed by atoms with Crippen LogP contribution in [0.25, 0.3) is 11.4 Å². The van der Waals surface area contributed by atoms with Gasteiger partial charge in [-0.1, -0.05) is 5.16 Å². The van der Waals surface area contributed by atoms with Crippen molar-refractivity contribution in [3.63, 3.8) is 0 Å². The van der Waals surface area contributed by atoms with Crippen LogP contribution < -0.4 is 0 Å². The minimum atomic E-state index is -0.292. The topological polar surface area (TPSA) is 56.7 Å². The fraction of sp³-hybridized carbons (Fsp3) is 0.214. The largest absolute Gasteiger partial charge is 0.337 e. The van der Waals surface area contributed by atoms with E-state index in [4.69, 9.17) is 4.52 Å². The zero-order valence-corrected chi connectivity index (χ0v) is 11.1. The molecule has 5 nitrogen and oxygen atoms in total. The molecule has 3 aromatic rings. The molecular formula is C14H13FN4O. The molecule has 0 saturated carbocycles. The van der Waals surface area contributed by atoms with Crippen LogP contribution in [-0.4, -0.2) is 19.7 Å². The predicted octanol–water partition coefficient (Wildman–Crippen LogP) is 2.99. The van der Waals surface area contributed by atoms with Crippen LogP contribution in [0.5, 0.6) is 0 Å². The summed E-state index contributed by atoms with van der Waals surface area (Å²) in [7, 11) is 0. The van der Waals surface area contributed by atoms with Gasteiger partial charge in [0, 0.05) is 18.0 Å². The molecule has 20 heavy (non-hydrogen) atoms. The highest BCUT2D eigenvalue weighted by Crippen LogP contribution is 2.21. The summed E-state index contributed by atoms with van der Waals surface area (Å²) in [6.07, 6.45) is 3.59. The van der Waals surface area contributed by atoms with Gasteiger partial charge in [-0.15, -0.1) is 0 Å². The molecule has 0 N–H and O–H groups in total. The summed E-state index contributed by atoms with van der Waals surface area (Å²) in [5.74, 6) is 1.52. The van der Waals surface area contributed by atoms with Gasteiger partial charge in [0.25, 0.3) is 0 Å². The lowest BCUT2D eigenvalue weighted by atomic mass is 10.2. The molecule has 0 fully saturated rings. The molecule has 0 aliphatic carbocycles. The van der Waals surface area contributed by atoms with Crippen LogP contribution in [-0.2, 0) is 0 Å². The lowest BCUT2D eigenvalue weighted by Crippen LogP contribution is -2.07. The Morgan fingerprint density at radius 3 is 2.65 bits per heavy atom. The first-order chi connectivity index (χ1) is 9.65. The number of imidazole rings is 1. The molecule has 6 heteroatoms. The van der Waals surface area contributed by atoms with Crippen molar-refractivity contribution >= 4 is 0 Å². The van der Waals surface area contributed by atoms with Crippen molar-refractivity contribution in [2.75, 3.05) is 0 Å². The molecule has 0 aliphatic rings. The third-order valence-electron chi connectivity index (χ3n) is 3.18. The summed E-state index contributed by atoms with van der Waals surface area (Å²) in [6.45, 7) is 3.87. The van der Waals surface area contributed by atoms with Crippen LogP contribution in [0.4, 0.5) is 4.39 Å². The Kier molecular flexibility index (Phi) is 3.06. The molecule has 2 aromatic heterocycles. The van der Waals surface area contributed by atoms with Gasteiger partial charge in [-0.2, -0.15) is 4.98 Å². The van der Waals surface area contributed by atoms with Gasteiger partial charge in [-0.25, -0.2) is 9.37 Å². The summed E-state index contributed by atoms with van der Waals surface area (Å²) in [5.41, 5.74) is 0.718. The van der Waals surface area contributed by atoms with Gasteiger partial charge in [0.05, 0.1) is 0 Å². The van der Waals surface area contributed by atoms with E-state index in [-0.39, 0.29) is 11.9 Å². The first-order valence-electron chi connectivity index (χ1n) is 6.24. The lowest BCUT2D eigenvalue weighted by molar-refractivity contribution is 0.344.